The Morgan fingerprint density at radius 2 is 0.953 bits per heavy atom. The Kier molecular flexibility index (Phi) is 20.2. The summed E-state index contributed by atoms with van der Waals surface area (Å²) in [4.78, 5) is 45.6. The van der Waals surface area contributed by atoms with E-state index >= 15 is 0 Å². The predicted molar refractivity (Wildman–Crippen MR) is 305 cm³/mol. The first kappa shape index (κ1) is 62.8. The van der Waals surface area contributed by atoms with Crippen LogP contribution in [-0.4, -0.2) is 127 Å². The molecule has 0 saturated carbocycles. The van der Waals surface area contributed by atoms with Crippen LogP contribution < -0.4 is 30.7 Å². The van der Waals surface area contributed by atoms with Crippen LogP contribution in [0.2, 0.25) is 0 Å². The van der Waals surface area contributed by atoms with Gasteiger partial charge in [-0.15, -0.1) is 9.05 Å². The van der Waals surface area contributed by atoms with Gasteiger partial charge in [-0.05, 0) is 83.6 Å². The SMILES string of the molecule is COc1cc(CO[P+](=O)OCc2ccc(Nc3ncc(C(F)(F)F)c(Nc4ccc(-c5cnn(CCCO)c5)cc4C(=O)N(C)C)n3)c(OC)c2)ccc1Nc1ncc(C(F)(F)F)c(Nc2ccc(-c3cnn(CCCO)c3)cc2C(=O)N(C)C)n1. The Labute approximate surface area is 488 Å². The maximum atomic E-state index is 14.4. The Hall–Kier alpha value is -9.28. The zero-order valence-electron chi connectivity index (χ0n) is 47.0. The number of alkyl halides is 6. The molecule has 8 aromatic rings. The fourth-order valence-electron chi connectivity index (χ4n) is 8.37. The molecular weight excluding hydrogens is 1160 g/mol. The van der Waals surface area contributed by atoms with Gasteiger partial charge in [-0.25, -0.2) is 9.97 Å². The van der Waals surface area contributed by atoms with E-state index in [1.54, 1.807) is 58.4 Å². The summed E-state index contributed by atoms with van der Waals surface area (Å²) >= 11 is 0. The average Bonchev–Trinajstić information content (AvgIpc) is 4.30. The van der Waals surface area contributed by atoms with Crippen LogP contribution in [0.3, 0.4) is 0 Å². The number of halogens is 6. The standard InChI is InChI=1S/C56H57F6N14O9P/c1-73(2)51(79)39-23-35(37-25-65-75(29-37)17-7-19-77)11-15-43(39)67-49-41(55(57,58)59)27-63-53(71-49)69-45-13-9-33(21-47(45)82-5)31-84-86(81)85-32-34-10-14-46(48(22-34)83-6)70-54-64-28-42(56(60,61)62)50(72-54)68-44-16-12-36(24-40(44)52(80)74(3)4)38-26-66-76(30-38)18-8-20-78/h9-16,21-30,77-78H,7-8,17-20,31-32H2,1-6H3,(H3-,63,64,67,68,69,70,71,72,79,80)/p+1. The quantitative estimate of drug-likeness (QED) is 0.0217. The van der Waals surface area contributed by atoms with E-state index in [4.69, 9.17) is 18.5 Å². The van der Waals surface area contributed by atoms with Crippen molar-refractivity contribution in [2.24, 2.45) is 0 Å². The molecule has 0 aliphatic heterocycles. The molecule has 6 N–H and O–H groups in total. The predicted octanol–water partition coefficient (Wildman–Crippen LogP) is 10.6. The van der Waals surface area contributed by atoms with Crippen LogP contribution in [0.4, 0.5) is 72.6 Å². The molecule has 23 nitrogen and oxygen atoms in total. The highest BCUT2D eigenvalue weighted by Crippen LogP contribution is 2.41. The summed E-state index contributed by atoms with van der Waals surface area (Å²) in [5.41, 5.74) is 1.48. The number of benzene rings is 4. The molecule has 0 bridgehead atoms. The molecule has 0 fully saturated rings. The molecule has 2 amide bonds. The number of hydrogen-bond donors (Lipinski definition) is 6. The van der Waals surface area contributed by atoms with Crippen LogP contribution in [-0.2, 0) is 52.3 Å². The number of aliphatic hydroxyl groups excluding tert-OH is 2. The first-order chi connectivity index (χ1) is 41.0. The summed E-state index contributed by atoms with van der Waals surface area (Å²) in [5.74, 6) is -2.52. The van der Waals surface area contributed by atoms with E-state index in [0.717, 1.165) is 0 Å². The van der Waals surface area contributed by atoms with E-state index in [9.17, 15) is 50.7 Å². The first-order valence-corrected chi connectivity index (χ1v) is 27.2. The number of aryl methyl sites for hydroxylation is 2. The Balaban J connectivity index is 0.914. The molecule has 0 radical (unpaired) electrons. The maximum Gasteiger partial charge on any atom is 0.698 e. The number of rotatable bonds is 26. The lowest BCUT2D eigenvalue weighted by Gasteiger charge is -2.19. The molecule has 0 saturated heterocycles. The number of nitrogens with one attached hydrogen (secondary N) is 4. The molecular formula is C56H58F6N14O9P+. The monoisotopic (exact) mass is 1220 g/mol. The van der Waals surface area contributed by atoms with Crippen molar-refractivity contribution < 1.29 is 69.2 Å². The van der Waals surface area contributed by atoms with Crippen LogP contribution in [0, 0.1) is 0 Å². The van der Waals surface area contributed by atoms with Gasteiger partial charge in [-0.2, -0.15) is 46.5 Å². The van der Waals surface area contributed by atoms with Gasteiger partial charge in [-0.1, -0.05) is 24.3 Å². The van der Waals surface area contributed by atoms with Crippen molar-refractivity contribution in [3.8, 4) is 33.8 Å². The molecule has 0 aliphatic rings. The minimum absolute atomic E-state index is 0.0257. The average molecular weight is 1220 g/mol. The zero-order chi connectivity index (χ0) is 61.9. The zero-order valence-corrected chi connectivity index (χ0v) is 47.9. The van der Waals surface area contributed by atoms with E-state index in [-0.39, 0.29) is 83.7 Å². The van der Waals surface area contributed by atoms with Gasteiger partial charge in [0.05, 0.1) is 60.5 Å². The molecule has 8 rings (SSSR count). The lowest BCUT2D eigenvalue weighted by Crippen LogP contribution is -2.23. The van der Waals surface area contributed by atoms with Crippen LogP contribution in [0.25, 0.3) is 22.3 Å². The van der Waals surface area contributed by atoms with Crippen molar-refractivity contribution in [2.75, 3.05) is 76.9 Å². The number of carbonyl (C=O) groups excluding carboxylic acids is 2. The number of carbonyl (C=O) groups is 2. The number of anilines is 8. The van der Waals surface area contributed by atoms with Crippen molar-refractivity contribution >= 4 is 66.4 Å². The number of ether oxygens (including phenoxy) is 2. The van der Waals surface area contributed by atoms with Gasteiger partial charge in [0.25, 0.3) is 11.8 Å². The summed E-state index contributed by atoms with van der Waals surface area (Å²) in [6.07, 6.45) is -1.09. The normalized spacial score (nSPS) is 11.5. The second-order valence-corrected chi connectivity index (χ2v) is 20.3. The number of amides is 2. The fourth-order valence-corrected chi connectivity index (χ4v) is 8.95. The summed E-state index contributed by atoms with van der Waals surface area (Å²) in [6.45, 7) is 0.339. The van der Waals surface area contributed by atoms with Crippen LogP contribution in [0.5, 0.6) is 11.5 Å². The topological polar surface area (TPSA) is 270 Å². The number of aliphatic hydroxyl groups is 2. The van der Waals surface area contributed by atoms with Gasteiger partial charge in [0.1, 0.15) is 47.5 Å². The van der Waals surface area contributed by atoms with Crippen LogP contribution in [0.15, 0.2) is 110 Å². The van der Waals surface area contributed by atoms with E-state index in [1.165, 1.54) is 101 Å². The molecule has 30 heteroatoms. The van der Waals surface area contributed by atoms with E-state index < -0.39 is 55.2 Å². The molecule has 0 atom stereocenters. The molecule has 0 spiro atoms. The molecule has 452 valence electrons. The fraction of sp³-hybridized carbons (Fsp3) is 0.286. The third kappa shape index (κ3) is 15.7. The highest BCUT2D eigenvalue weighted by atomic mass is 31.1. The van der Waals surface area contributed by atoms with E-state index in [0.29, 0.717) is 71.7 Å². The van der Waals surface area contributed by atoms with Crippen molar-refractivity contribution in [3.05, 3.63) is 143 Å². The highest BCUT2D eigenvalue weighted by Gasteiger charge is 2.37. The summed E-state index contributed by atoms with van der Waals surface area (Å²) < 4.78 is 125. The number of hydrogen-bond acceptors (Lipinski definition) is 19. The second-order valence-electron chi connectivity index (χ2n) is 19.3. The second kappa shape index (κ2) is 27.6. The van der Waals surface area contributed by atoms with E-state index in [2.05, 4.69) is 51.4 Å². The van der Waals surface area contributed by atoms with Crippen molar-refractivity contribution in [1.82, 2.24) is 49.3 Å². The van der Waals surface area contributed by atoms with Crippen LogP contribution >= 0.6 is 8.25 Å². The Morgan fingerprint density at radius 1 is 0.558 bits per heavy atom. The van der Waals surface area contributed by atoms with Gasteiger partial charge in [0.15, 0.2) is 0 Å². The lowest BCUT2D eigenvalue weighted by atomic mass is 10.0. The summed E-state index contributed by atoms with van der Waals surface area (Å²) in [5, 5.41) is 38.1. The maximum absolute atomic E-state index is 14.4. The molecule has 86 heavy (non-hydrogen) atoms. The third-order valence-electron chi connectivity index (χ3n) is 12.7. The van der Waals surface area contributed by atoms with Gasteiger partial charge < -0.3 is 50.8 Å². The number of aromatic nitrogens is 8. The van der Waals surface area contributed by atoms with Gasteiger partial charge in [-0.3, -0.25) is 19.0 Å². The van der Waals surface area contributed by atoms with Gasteiger partial charge in [0.2, 0.25) is 11.9 Å². The van der Waals surface area contributed by atoms with Crippen molar-refractivity contribution in [2.45, 2.75) is 51.5 Å². The van der Waals surface area contributed by atoms with Crippen molar-refractivity contribution in [1.29, 1.82) is 0 Å². The third-order valence-corrected chi connectivity index (χ3v) is 13.4. The van der Waals surface area contributed by atoms with Crippen LogP contribution in [0.1, 0.15) is 55.8 Å². The lowest BCUT2D eigenvalue weighted by molar-refractivity contribution is -0.138. The van der Waals surface area contributed by atoms with Gasteiger partial charge in [0, 0.05) is 95.0 Å². The summed E-state index contributed by atoms with van der Waals surface area (Å²) in [7, 11) is 5.95. The minimum atomic E-state index is -4.91. The highest BCUT2D eigenvalue weighted by molar-refractivity contribution is 7.33. The molecule has 4 aromatic carbocycles. The Bertz CT molecular complexity index is 3490. The first-order valence-electron chi connectivity index (χ1n) is 26.1. The number of methoxy groups -OCH3 is 2. The molecule has 4 heterocycles. The molecule has 0 unspecified atom stereocenters. The van der Waals surface area contributed by atoms with E-state index in [1.807, 2.05) is 0 Å². The largest absolute Gasteiger partial charge is 0.698 e. The van der Waals surface area contributed by atoms with Gasteiger partial charge >= 0.3 is 20.6 Å². The smallest absolute Gasteiger partial charge is 0.495 e. The van der Waals surface area contributed by atoms with Crippen molar-refractivity contribution in [3.63, 3.8) is 0 Å². The Morgan fingerprint density at radius 3 is 1.31 bits per heavy atom. The number of nitrogens with zero attached hydrogens (tertiary/aromatic N) is 10. The summed E-state index contributed by atoms with van der Waals surface area (Å²) in [6, 6.07) is 18.4. The molecule has 0 aliphatic carbocycles. The molecule has 4 aromatic heterocycles. The minimum Gasteiger partial charge on any atom is -0.495 e.